The van der Waals surface area contributed by atoms with Crippen molar-refractivity contribution < 1.29 is 0 Å². The molecular weight excluding hydrogens is 593 g/mol. The average Bonchev–Trinajstić information content (AvgIpc) is 3.63. The highest BCUT2D eigenvalue weighted by atomic mass is 15.1. The topological polar surface area (TPSA) is 8.17 Å². The average molecular weight is 635 g/mol. The molecule has 240 valence electrons. The van der Waals surface area contributed by atoms with Crippen molar-refractivity contribution in [2.45, 2.75) is 44.9 Å². The first kappa shape index (κ1) is 28.9. The predicted molar refractivity (Wildman–Crippen MR) is 205 cm³/mol. The maximum Gasteiger partial charge on any atom is 0.0541 e. The minimum Gasteiger partial charge on any atom is -0.310 e. The minimum absolute atomic E-state index is 0.108. The summed E-state index contributed by atoms with van der Waals surface area (Å²) in [5.41, 5.74) is 13.3. The lowest BCUT2D eigenvalue weighted by Gasteiger charge is -2.54. The molecule has 0 saturated heterocycles. The zero-order valence-corrected chi connectivity index (χ0v) is 28.4. The molecule has 6 aromatic carbocycles. The van der Waals surface area contributed by atoms with Crippen LogP contribution in [-0.2, 0) is 5.41 Å². The summed E-state index contributed by atoms with van der Waals surface area (Å²) in [4.78, 5) is 2.44. The van der Waals surface area contributed by atoms with Gasteiger partial charge in [-0.2, -0.15) is 0 Å². The van der Waals surface area contributed by atoms with Crippen LogP contribution in [0.25, 0.3) is 38.6 Å². The van der Waals surface area contributed by atoms with E-state index < -0.39 is 0 Å². The van der Waals surface area contributed by atoms with E-state index in [0.29, 0.717) is 11.8 Å². The third-order valence-corrected chi connectivity index (χ3v) is 12.5. The number of para-hydroxylation sites is 3. The maximum absolute atomic E-state index is 2.56. The predicted octanol–water partition coefficient (Wildman–Crippen LogP) is 12.6. The van der Waals surface area contributed by atoms with Gasteiger partial charge in [-0.1, -0.05) is 98.8 Å². The van der Waals surface area contributed by atoms with Crippen LogP contribution in [0, 0.1) is 23.7 Å². The summed E-state index contributed by atoms with van der Waals surface area (Å²) in [5.74, 6) is 3.03. The standard InChI is InChI=1S/C47H42N2/c1-31-26-33-28-32(2)47(34(27-31)29-33)43-17-9-6-14-39(43)42-30-38(24-25-44(42)47)48(35-12-4-3-5-13-35)36-20-22-37(23-21-36)49-45-18-10-7-15-40(45)41-16-8-11-19-46(41)49/h3-25,30-34H,26-29H2,1-2H3/t31-,32+,33-,34-,47?/m0/s1. The van der Waals surface area contributed by atoms with E-state index in [1.54, 1.807) is 11.1 Å². The maximum atomic E-state index is 2.56. The quantitative estimate of drug-likeness (QED) is 0.187. The van der Waals surface area contributed by atoms with E-state index in [9.17, 15) is 0 Å². The summed E-state index contributed by atoms with van der Waals surface area (Å²) in [6.45, 7) is 5.06. The Bertz CT molecular complexity index is 2290. The lowest BCUT2D eigenvalue weighted by atomic mass is 9.49. The number of hydrogen-bond acceptors (Lipinski definition) is 1. The van der Waals surface area contributed by atoms with Gasteiger partial charge < -0.3 is 9.47 Å². The molecule has 2 bridgehead atoms. The van der Waals surface area contributed by atoms with Crippen molar-refractivity contribution >= 4 is 38.9 Å². The first-order valence-electron chi connectivity index (χ1n) is 18.3. The highest BCUT2D eigenvalue weighted by molar-refractivity contribution is 6.09. The molecule has 1 spiro atoms. The fourth-order valence-corrected chi connectivity index (χ4v) is 10.8. The zero-order valence-electron chi connectivity index (χ0n) is 28.4. The first-order valence-corrected chi connectivity index (χ1v) is 18.3. The third-order valence-electron chi connectivity index (χ3n) is 12.5. The van der Waals surface area contributed by atoms with Crippen LogP contribution in [0.4, 0.5) is 17.1 Å². The van der Waals surface area contributed by atoms with Gasteiger partial charge in [0.25, 0.3) is 0 Å². The van der Waals surface area contributed by atoms with Gasteiger partial charge in [-0.25, -0.2) is 0 Å². The number of benzene rings is 6. The number of aromatic nitrogens is 1. The van der Waals surface area contributed by atoms with Crippen molar-refractivity contribution in [2.24, 2.45) is 23.7 Å². The third kappa shape index (κ3) is 4.19. The lowest BCUT2D eigenvalue weighted by Crippen LogP contribution is -2.49. The molecule has 1 unspecified atom stereocenters. The summed E-state index contributed by atoms with van der Waals surface area (Å²) >= 11 is 0. The van der Waals surface area contributed by atoms with Crippen molar-refractivity contribution in [3.05, 3.63) is 157 Å². The van der Waals surface area contributed by atoms with Gasteiger partial charge in [-0.15, -0.1) is 0 Å². The van der Waals surface area contributed by atoms with Crippen LogP contribution in [0.2, 0.25) is 0 Å². The molecule has 10 rings (SSSR count). The Morgan fingerprint density at radius 3 is 1.90 bits per heavy atom. The van der Waals surface area contributed by atoms with E-state index in [-0.39, 0.29) is 5.41 Å². The number of rotatable bonds is 4. The van der Waals surface area contributed by atoms with Crippen LogP contribution in [0.3, 0.4) is 0 Å². The van der Waals surface area contributed by atoms with Crippen LogP contribution in [-0.4, -0.2) is 4.57 Å². The van der Waals surface area contributed by atoms with Gasteiger partial charge >= 0.3 is 0 Å². The number of hydrogen-bond donors (Lipinski definition) is 0. The Morgan fingerprint density at radius 2 is 1.14 bits per heavy atom. The van der Waals surface area contributed by atoms with E-state index in [1.807, 2.05) is 0 Å². The smallest absolute Gasteiger partial charge is 0.0541 e. The van der Waals surface area contributed by atoms with Gasteiger partial charge in [0, 0.05) is 38.9 Å². The molecule has 5 atom stereocenters. The molecule has 0 aliphatic heterocycles. The molecule has 2 saturated carbocycles. The Labute approximate surface area is 289 Å². The Kier molecular flexibility index (Phi) is 6.47. The second kappa shape index (κ2) is 11.0. The van der Waals surface area contributed by atoms with Crippen molar-refractivity contribution in [1.82, 2.24) is 4.57 Å². The van der Waals surface area contributed by atoms with E-state index in [4.69, 9.17) is 0 Å². The molecule has 49 heavy (non-hydrogen) atoms. The fraction of sp³-hybridized carbons (Fsp3) is 0.234. The SMILES string of the molecule is C[C@H]1C[C@@H]2C[C@H](C1)C1(c3ccccc3-c3cc(N(c4ccccc4)c4ccc(-n5c6ccccc6c6ccccc65)cc4)ccc31)[C@H](C)C2. The number of anilines is 3. The van der Waals surface area contributed by atoms with E-state index in [1.165, 1.54) is 75.7 Å². The first-order chi connectivity index (χ1) is 24.1. The molecular formula is C47H42N2. The van der Waals surface area contributed by atoms with Gasteiger partial charge in [-0.3, -0.25) is 0 Å². The monoisotopic (exact) mass is 634 g/mol. The molecule has 3 aliphatic rings. The molecule has 0 N–H and O–H groups in total. The Hall–Kier alpha value is -5.08. The molecule has 1 heterocycles. The molecule has 2 fully saturated rings. The van der Waals surface area contributed by atoms with Crippen LogP contribution >= 0.6 is 0 Å². The summed E-state index contributed by atoms with van der Waals surface area (Å²) in [6, 6.07) is 54.3. The number of fused-ring (bicyclic) bond motifs is 11. The molecule has 1 aromatic heterocycles. The highest BCUT2D eigenvalue weighted by Crippen LogP contribution is 2.64. The summed E-state index contributed by atoms with van der Waals surface area (Å²) in [6.07, 6.45) is 5.46. The lowest BCUT2D eigenvalue weighted by molar-refractivity contribution is 0.0426. The second-order valence-electron chi connectivity index (χ2n) is 15.2. The van der Waals surface area contributed by atoms with Gasteiger partial charge in [0.1, 0.15) is 0 Å². The van der Waals surface area contributed by atoms with Gasteiger partial charge in [-0.05, 0) is 132 Å². The van der Waals surface area contributed by atoms with Gasteiger partial charge in [0.15, 0.2) is 0 Å². The van der Waals surface area contributed by atoms with E-state index >= 15 is 0 Å². The summed E-state index contributed by atoms with van der Waals surface area (Å²) < 4.78 is 2.40. The van der Waals surface area contributed by atoms with Crippen LogP contribution in [0.15, 0.2) is 146 Å². The largest absolute Gasteiger partial charge is 0.310 e. The zero-order chi connectivity index (χ0) is 32.7. The normalized spacial score (nSPS) is 23.9. The van der Waals surface area contributed by atoms with Crippen LogP contribution in [0.1, 0.15) is 50.7 Å². The molecule has 7 aromatic rings. The minimum atomic E-state index is 0.108. The highest BCUT2D eigenvalue weighted by Gasteiger charge is 2.56. The van der Waals surface area contributed by atoms with Crippen molar-refractivity contribution in [1.29, 1.82) is 0 Å². The van der Waals surface area contributed by atoms with Crippen molar-refractivity contribution in [3.63, 3.8) is 0 Å². The van der Waals surface area contributed by atoms with E-state index in [2.05, 4.69) is 169 Å². The van der Waals surface area contributed by atoms with Crippen LogP contribution in [0.5, 0.6) is 0 Å². The fourth-order valence-electron chi connectivity index (χ4n) is 10.8. The molecule has 2 heteroatoms. The molecule has 2 nitrogen and oxygen atoms in total. The summed E-state index contributed by atoms with van der Waals surface area (Å²) in [7, 11) is 0. The number of nitrogens with zero attached hydrogens (tertiary/aromatic N) is 2. The van der Waals surface area contributed by atoms with Gasteiger partial charge in [0.05, 0.1) is 11.0 Å². The molecule has 3 aliphatic carbocycles. The Morgan fingerprint density at radius 1 is 0.531 bits per heavy atom. The van der Waals surface area contributed by atoms with Crippen molar-refractivity contribution in [3.8, 4) is 16.8 Å². The second-order valence-corrected chi connectivity index (χ2v) is 15.2. The Balaban J connectivity index is 1.11. The summed E-state index contributed by atoms with van der Waals surface area (Å²) in [5, 5.41) is 2.57. The van der Waals surface area contributed by atoms with Crippen molar-refractivity contribution in [2.75, 3.05) is 4.90 Å². The van der Waals surface area contributed by atoms with Gasteiger partial charge in [0.2, 0.25) is 0 Å². The van der Waals surface area contributed by atoms with E-state index in [0.717, 1.165) is 17.5 Å². The molecule has 0 amide bonds. The van der Waals surface area contributed by atoms with Crippen LogP contribution < -0.4 is 4.90 Å². The molecule has 0 radical (unpaired) electrons.